The van der Waals surface area contributed by atoms with E-state index in [-0.39, 0.29) is 22.7 Å². The summed E-state index contributed by atoms with van der Waals surface area (Å²) in [5.41, 5.74) is 5.41. The molecule has 0 saturated heterocycles. The van der Waals surface area contributed by atoms with E-state index in [1.54, 1.807) is 6.92 Å². The number of sulfone groups is 1. The van der Waals surface area contributed by atoms with Gasteiger partial charge in [-0.3, -0.25) is 15.5 Å². The SMILES string of the molecule is C[C@@H](O)CNc1ccc(C(=O)NC(=N)N)cc1S(C)(=O)=O. The molecule has 9 heteroatoms. The van der Waals surface area contributed by atoms with Gasteiger partial charge in [0.2, 0.25) is 0 Å². The number of hydrogen-bond donors (Lipinski definition) is 5. The third-order valence-electron chi connectivity index (χ3n) is 2.48. The third kappa shape index (κ3) is 5.04. The molecule has 1 rings (SSSR count). The van der Waals surface area contributed by atoms with Crippen molar-refractivity contribution >= 4 is 27.4 Å². The van der Waals surface area contributed by atoms with E-state index in [0.717, 1.165) is 6.26 Å². The van der Waals surface area contributed by atoms with Gasteiger partial charge < -0.3 is 16.2 Å². The van der Waals surface area contributed by atoms with Crippen LogP contribution in [0.3, 0.4) is 0 Å². The summed E-state index contributed by atoms with van der Waals surface area (Å²) in [6.07, 6.45) is 0.362. The topological polar surface area (TPSA) is 145 Å². The summed E-state index contributed by atoms with van der Waals surface area (Å²) in [6.45, 7) is 1.73. The number of benzene rings is 1. The molecule has 0 bridgehead atoms. The Hall–Kier alpha value is -2.13. The number of nitrogens with one attached hydrogen (secondary N) is 3. The number of carbonyl (C=O) groups is 1. The highest BCUT2D eigenvalue weighted by Gasteiger charge is 2.17. The Balaban J connectivity index is 3.19. The molecule has 0 aliphatic heterocycles. The molecule has 8 nitrogen and oxygen atoms in total. The van der Waals surface area contributed by atoms with Crippen molar-refractivity contribution in [1.29, 1.82) is 5.41 Å². The van der Waals surface area contributed by atoms with Crippen LogP contribution in [0.5, 0.6) is 0 Å². The van der Waals surface area contributed by atoms with Crippen molar-refractivity contribution in [2.24, 2.45) is 5.73 Å². The minimum Gasteiger partial charge on any atom is -0.392 e. The number of carbonyl (C=O) groups excluding carboxylic acids is 1. The highest BCUT2D eigenvalue weighted by atomic mass is 32.2. The van der Waals surface area contributed by atoms with E-state index in [4.69, 9.17) is 11.1 Å². The van der Waals surface area contributed by atoms with Gasteiger partial charge in [0.25, 0.3) is 5.91 Å². The minimum absolute atomic E-state index is 0.0632. The lowest BCUT2D eigenvalue weighted by atomic mass is 10.2. The Morgan fingerprint density at radius 3 is 2.57 bits per heavy atom. The predicted molar refractivity (Wildman–Crippen MR) is 79.1 cm³/mol. The van der Waals surface area contributed by atoms with Gasteiger partial charge in [0, 0.05) is 18.4 Å². The van der Waals surface area contributed by atoms with Gasteiger partial charge in [-0.2, -0.15) is 0 Å². The Kier molecular flexibility index (Phi) is 5.28. The first-order valence-corrected chi connectivity index (χ1v) is 7.92. The summed E-state index contributed by atoms with van der Waals surface area (Å²) >= 11 is 0. The van der Waals surface area contributed by atoms with Crippen LogP contribution < -0.4 is 16.4 Å². The lowest BCUT2D eigenvalue weighted by Gasteiger charge is -2.13. The number of hydrogen-bond acceptors (Lipinski definition) is 6. The molecule has 116 valence electrons. The van der Waals surface area contributed by atoms with Gasteiger partial charge in [-0.25, -0.2) is 8.42 Å². The number of rotatable bonds is 5. The summed E-state index contributed by atoms with van der Waals surface area (Å²) in [6, 6.07) is 4.02. The maximum Gasteiger partial charge on any atom is 0.257 e. The average Bonchev–Trinajstić information content (AvgIpc) is 2.34. The fraction of sp³-hybridized carbons (Fsp3) is 0.333. The van der Waals surface area contributed by atoms with Gasteiger partial charge in [-0.15, -0.1) is 0 Å². The molecule has 0 spiro atoms. The lowest BCUT2D eigenvalue weighted by molar-refractivity contribution is 0.0976. The predicted octanol–water partition coefficient (Wildman–Crippen LogP) is -0.494. The maximum atomic E-state index is 11.8. The number of aliphatic hydroxyl groups excluding tert-OH is 1. The van der Waals surface area contributed by atoms with Crippen LogP contribution in [-0.2, 0) is 9.84 Å². The molecule has 0 saturated carbocycles. The van der Waals surface area contributed by atoms with E-state index in [1.807, 2.05) is 0 Å². The molecule has 1 atom stereocenters. The number of nitrogens with two attached hydrogens (primary N) is 1. The molecule has 0 aromatic heterocycles. The van der Waals surface area contributed by atoms with Gasteiger partial charge in [-0.05, 0) is 25.1 Å². The van der Waals surface area contributed by atoms with Gasteiger partial charge in [0.05, 0.1) is 16.7 Å². The van der Waals surface area contributed by atoms with Gasteiger partial charge >= 0.3 is 0 Å². The van der Waals surface area contributed by atoms with Crippen molar-refractivity contribution < 1.29 is 18.3 Å². The van der Waals surface area contributed by atoms with Crippen molar-refractivity contribution in [2.45, 2.75) is 17.9 Å². The van der Waals surface area contributed by atoms with E-state index in [0.29, 0.717) is 0 Å². The standard InChI is InChI=1S/C12H18N4O4S/c1-7(17)6-15-9-4-3-8(11(18)16-12(13)14)5-10(9)21(2,19)20/h3-5,7,15,17H,6H2,1-2H3,(H4,13,14,16,18)/t7-/m1/s1. The summed E-state index contributed by atoms with van der Waals surface area (Å²) in [5, 5.41) is 21.1. The first kappa shape index (κ1) is 16.9. The Labute approximate surface area is 122 Å². The second kappa shape index (κ2) is 6.55. The molecule has 1 amide bonds. The summed E-state index contributed by atoms with van der Waals surface area (Å²) in [4.78, 5) is 11.7. The van der Waals surface area contributed by atoms with Crippen LogP contribution in [0.25, 0.3) is 0 Å². The largest absolute Gasteiger partial charge is 0.392 e. The Bertz CT molecular complexity index is 655. The van der Waals surface area contributed by atoms with Crippen LogP contribution in [0, 0.1) is 5.41 Å². The molecule has 0 aliphatic carbocycles. The fourth-order valence-corrected chi connectivity index (χ4v) is 2.45. The molecule has 0 heterocycles. The van der Waals surface area contributed by atoms with Gasteiger partial charge in [0.1, 0.15) is 0 Å². The molecule has 1 aromatic carbocycles. The van der Waals surface area contributed by atoms with Crippen molar-refractivity contribution in [3.8, 4) is 0 Å². The molecule has 0 aliphatic rings. The lowest BCUT2D eigenvalue weighted by Crippen LogP contribution is -2.35. The van der Waals surface area contributed by atoms with E-state index in [2.05, 4.69) is 10.6 Å². The van der Waals surface area contributed by atoms with E-state index >= 15 is 0 Å². The molecule has 0 unspecified atom stereocenters. The summed E-state index contributed by atoms with van der Waals surface area (Å²) in [7, 11) is -3.57. The Morgan fingerprint density at radius 2 is 2.10 bits per heavy atom. The van der Waals surface area contributed by atoms with Gasteiger partial charge in [-0.1, -0.05) is 0 Å². The Morgan fingerprint density at radius 1 is 1.48 bits per heavy atom. The van der Waals surface area contributed by atoms with Crippen LogP contribution >= 0.6 is 0 Å². The van der Waals surface area contributed by atoms with Crippen molar-refractivity contribution in [1.82, 2.24) is 5.32 Å². The van der Waals surface area contributed by atoms with Crippen LogP contribution in [0.2, 0.25) is 0 Å². The number of guanidine groups is 1. The number of anilines is 1. The number of aliphatic hydroxyl groups is 1. The normalized spacial score (nSPS) is 12.5. The second-order valence-electron chi connectivity index (χ2n) is 4.58. The van der Waals surface area contributed by atoms with Crippen molar-refractivity contribution in [3.05, 3.63) is 23.8 Å². The van der Waals surface area contributed by atoms with E-state index in [1.165, 1.54) is 18.2 Å². The molecule has 1 aromatic rings. The number of amides is 1. The quantitative estimate of drug-likeness (QED) is 0.366. The van der Waals surface area contributed by atoms with Crippen LogP contribution in [0.4, 0.5) is 5.69 Å². The van der Waals surface area contributed by atoms with E-state index in [9.17, 15) is 18.3 Å². The highest BCUT2D eigenvalue weighted by molar-refractivity contribution is 7.90. The zero-order chi connectivity index (χ0) is 16.2. The summed E-state index contributed by atoms with van der Waals surface area (Å²) in [5.74, 6) is -1.20. The molecule has 0 fully saturated rings. The van der Waals surface area contributed by atoms with Crippen molar-refractivity contribution in [3.63, 3.8) is 0 Å². The van der Waals surface area contributed by atoms with Crippen molar-refractivity contribution in [2.75, 3.05) is 18.1 Å². The first-order chi connectivity index (χ1) is 9.61. The molecule has 21 heavy (non-hydrogen) atoms. The maximum absolute atomic E-state index is 11.8. The van der Waals surface area contributed by atoms with Crippen LogP contribution in [-0.4, -0.2) is 44.3 Å². The highest BCUT2D eigenvalue weighted by Crippen LogP contribution is 2.23. The monoisotopic (exact) mass is 314 g/mol. The smallest absolute Gasteiger partial charge is 0.257 e. The molecule has 0 radical (unpaired) electrons. The molecular weight excluding hydrogens is 296 g/mol. The molecular formula is C12H18N4O4S. The average molecular weight is 314 g/mol. The second-order valence-corrected chi connectivity index (χ2v) is 6.56. The van der Waals surface area contributed by atoms with E-state index < -0.39 is 27.8 Å². The van der Waals surface area contributed by atoms with Crippen LogP contribution in [0.15, 0.2) is 23.1 Å². The fourth-order valence-electron chi connectivity index (χ4n) is 1.57. The van der Waals surface area contributed by atoms with Gasteiger partial charge in [0.15, 0.2) is 15.8 Å². The summed E-state index contributed by atoms with van der Waals surface area (Å²) < 4.78 is 23.6. The zero-order valence-electron chi connectivity index (χ0n) is 11.7. The third-order valence-corrected chi connectivity index (χ3v) is 3.62. The minimum atomic E-state index is -3.57. The molecule has 6 N–H and O–H groups in total. The zero-order valence-corrected chi connectivity index (χ0v) is 12.5. The van der Waals surface area contributed by atoms with Crippen LogP contribution in [0.1, 0.15) is 17.3 Å². The first-order valence-electron chi connectivity index (χ1n) is 6.02.